The second-order valence-electron chi connectivity index (χ2n) is 5.79. The van der Waals surface area contributed by atoms with Gasteiger partial charge in [0.25, 0.3) is 0 Å². The Bertz CT molecular complexity index is 1160. The molecule has 136 valence electrons. The lowest BCUT2D eigenvalue weighted by Crippen LogP contribution is -2.13. The van der Waals surface area contributed by atoms with E-state index in [1.165, 1.54) is 0 Å². The van der Waals surface area contributed by atoms with Crippen LogP contribution in [0.4, 0.5) is 22.4 Å². The lowest BCUT2D eigenvalue weighted by molar-refractivity contribution is 0.193. The van der Waals surface area contributed by atoms with E-state index in [-0.39, 0.29) is 11.8 Å². The molecule has 0 bridgehead atoms. The molecule has 0 aliphatic heterocycles. The molecule has 0 aliphatic carbocycles. The molecule has 11 nitrogen and oxygen atoms in total. The first kappa shape index (κ1) is 16.4. The number of rotatable bonds is 3. The van der Waals surface area contributed by atoms with Gasteiger partial charge < -0.3 is 16.2 Å². The minimum Gasteiger partial charge on any atom is -0.463 e. The Morgan fingerprint density at radius 1 is 1.19 bits per heavy atom. The number of carboxylic acid groups (broad SMARTS) is 1. The summed E-state index contributed by atoms with van der Waals surface area (Å²) in [5, 5.41) is 16.3. The average molecular weight is 365 g/mol. The number of imidazole rings is 1. The fourth-order valence-electron chi connectivity index (χ4n) is 2.76. The van der Waals surface area contributed by atoms with E-state index in [0.29, 0.717) is 34.5 Å². The van der Waals surface area contributed by atoms with E-state index < -0.39 is 6.09 Å². The van der Waals surface area contributed by atoms with Crippen LogP contribution in [-0.2, 0) is 0 Å². The van der Waals surface area contributed by atoms with Crippen molar-refractivity contribution < 1.29 is 9.90 Å². The third-order valence-electron chi connectivity index (χ3n) is 3.77. The van der Waals surface area contributed by atoms with E-state index >= 15 is 0 Å². The van der Waals surface area contributed by atoms with Gasteiger partial charge in [0, 0.05) is 12.3 Å². The molecule has 4 heterocycles. The van der Waals surface area contributed by atoms with Crippen LogP contribution in [0, 0.1) is 13.8 Å². The molecule has 0 saturated carbocycles. The summed E-state index contributed by atoms with van der Waals surface area (Å²) in [5.74, 6) is 1.48. The Labute approximate surface area is 152 Å². The zero-order valence-electron chi connectivity index (χ0n) is 14.5. The van der Waals surface area contributed by atoms with Crippen molar-refractivity contribution in [1.82, 2.24) is 34.1 Å². The average Bonchev–Trinajstić information content (AvgIpc) is 3.14. The second kappa shape index (κ2) is 6.05. The predicted octanol–water partition coefficient (Wildman–Crippen LogP) is 1.85. The molecular weight excluding hydrogens is 350 g/mol. The van der Waals surface area contributed by atoms with Crippen LogP contribution in [0.25, 0.3) is 17.2 Å². The van der Waals surface area contributed by atoms with Crippen LogP contribution in [0.2, 0.25) is 0 Å². The molecule has 4 aromatic rings. The Morgan fingerprint density at radius 3 is 2.74 bits per heavy atom. The zero-order chi connectivity index (χ0) is 19.1. The monoisotopic (exact) mass is 365 g/mol. The van der Waals surface area contributed by atoms with Crippen molar-refractivity contribution in [2.75, 3.05) is 11.1 Å². The van der Waals surface area contributed by atoms with E-state index in [1.54, 1.807) is 30.5 Å². The molecule has 0 fully saturated rings. The van der Waals surface area contributed by atoms with Gasteiger partial charge in [-0.3, -0.25) is 4.40 Å². The number of anilines is 3. The number of fused-ring (bicyclic) bond motifs is 1. The molecule has 4 aromatic heterocycles. The molecule has 0 spiro atoms. The predicted molar refractivity (Wildman–Crippen MR) is 96.8 cm³/mol. The minimum absolute atomic E-state index is 0.0840. The first-order chi connectivity index (χ1) is 12.9. The molecule has 0 atom stereocenters. The third-order valence-corrected chi connectivity index (χ3v) is 3.77. The summed E-state index contributed by atoms with van der Waals surface area (Å²) in [7, 11) is 0. The van der Waals surface area contributed by atoms with Gasteiger partial charge in [-0.1, -0.05) is 6.07 Å². The van der Waals surface area contributed by atoms with Crippen LogP contribution in [-0.4, -0.2) is 45.3 Å². The van der Waals surface area contributed by atoms with Crippen LogP contribution >= 0.6 is 0 Å². The van der Waals surface area contributed by atoms with Crippen LogP contribution in [0.5, 0.6) is 0 Å². The molecule has 0 amide bonds. The molecular formula is C16H15N9O2. The Kier molecular flexibility index (Phi) is 3.69. The fourth-order valence-corrected chi connectivity index (χ4v) is 2.76. The van der Waals surface area contributed by atoms with Crippen LogP contribution < -0.4 is 11.1 Å². The highest BCUT2D eigenvalue weighted by atomic mass is 16.4. The van der Waals surface area contributed by atoms with Crippen molar-refractivity contribution in [3.05, 3.63) is 42.0 Å². The summed E-state index contributed by atoms with van der Waals surface area (Å²) in [5.41, 5.74) is 7.48. The minimum atomic E-state index is -1.21. The van der Waals surface area contributed by atoms with Crippen LogP contribution in [0.3, 0.4) is 0 Å². The van der Waals surface area contributed by atoms with Crippen molar-refractivity contribution >= 4 is 29.3 Å². The highest BCUT2D eigenvalue weighted by Crippen LogP contribution is 2.29. The third kappa shape index (κ3) is 2.90. The zero-order valence-corrected chi connectivity index (χ0v) is 14.5. The number of pyridine rings is 1. The number of aryl methyl sites for hydroxylation is 2. The molecule has 11 heteroatoms. The number of hydrogen-bond donors (Lipinski definition) is 3. The molecule has 4 N–H and O–H groups in total. The Hall–Kier alpha value is -4.02. The fraction of sp³-hybridized carbons (Fsp3) is 0.125. The highest BCUT2D eigenvalue weighted by molar-refractivity contribution is 5.79. The standard InChI is InChI=1S/C16H15N9O2/c1-8-7-11(25(23-8)16(26)27)21-14-12(13-18-9(2)19-15(17)22-13)24-6-4-3-5-10(24)20-14/h3-7,21H,1-2H3,(H,26,27)(H2,17,18,19,22). The smallest absolute Gasteiger partial charge is 0.434 e. The van der Waals surface area contributed by atoms with Gasteiger partial charge in [0.05, 0.1) is 5.69 Å². The van der Waals surface area contributed by atoms with Gasteiger partial charge in [-0.2, -0.15) is 15.1 Å². The van der Waals surface area contributed by atoms with Gasteiger partial charge in [-0.05, 0) is 26.0 Å². The molecule has 0 radical (unpaired) electrons. The summed E-state index contributed by atoms with van der Waals surface area (Å²) >= 11 is 0. The normalized spacial score (nSPS) is 11.0. The first-order valence-corrected chi connectivity index (χ1v) is 7.95. The molecule has 0 aromatic carbocycles. The van der Waals surface area contributed by atoms with Gasteiger partial charge in [0.1, 0.15) is 23.0 Å². The van der Waals surface area contributed by atoms with Crippen molar-refractivity contribution in [1.29, 1.82) is 0 Å². The van der Waals surface area contributed by atoms with E-state index in [4.69, 9.17) is 5.73 Å². The molecule has 0 saturated heterocycles. The van der Waals surface area contributed by atoms with Crippen LogP contribution in [0.1, 0.15) is 11.5 Å². The SMILES string of the molecule is Cc1cc(Nc2nc3ccccn3c2-c2nc(C)nc(N)n2)n(C(=O)O)n1. The quantitative estimate of drug-likeness (QED) is 0.494. The van der Waals surface area contributed by atoms with Gasteiger partial charge >= 0.3 is 6.09 Å². The summed E-state index contributed by atoms with van der Waals surface area (Å²) in [6, 6.07) is 7.10. The largest absolute Gasteiger partial charge is 0.463 e. The number of nitrogen functional groups attached to an aromatic ring is 1. The lowest BCUT2D eigenvalue weighted by atomic mass is 10.3. The number of hydrogen-bond acceptors (Lipinski definition) is 8. The molecule has 0 aliphatic rings. The summed E-state index contributed by atoms with van der Waals surface area (Å²) in [6.07, 6.45) is 0.592. The van der Waals surface area contributed by atoms with E-state index in [2.05, 4.69) is 30.4 Å². The van der Waals surface area contributed by atoms with Gasteiger partial charge in [-0.15, -0.1) is 4.68 Å². The number of nitrogens with zero attached hydrogens (tertiary/aromatic N) is 7. The second-order valence-corrected chi connectivity index (χ2v) is 5.79. The van der Waals surface area contributed by atoms with Crippen molar-refractivity contribution in [3.8, 4) is 11.5 Å². The summed E-state index contributed by atoms with van der Waals surface area (Å²) < 4.78 is 2.63. The summed E-state index contributed by atoms with van der Waals surface area (Å²) in [4.78, 5) is 28.5. The molecule has 27 heavy (non-hydrogen) atoms. The number of aromatic nitrogens is 7. The van der Waals surface area contributed by atoms with Crippen molar-refractivity contribution in [3.63, 3.8) is 0 Å². The maximum absolute atomic E-state index is 11.4. The van der Waals surface area contributed by atoms with Gasteiger partial charge in [-0.25, -0.2) is 14.8 Å². The number of carbonyl (C=O) groups is 1. The number of nitrogens with one attached hydrogen (secondary N) is 1. The van der Waals surface area contributed by atoms with Crippen LogP contribution in [0.15, 0.2) is 30.5 Å². The van der Waals surface area contributed by atoms with Crippen molar-refractivity contribution in [2.24, 2.45) is 0 Å². The first-order valence-electron chi connectivity index (χ1n) is 7.95. The molecule has 4 rings (SSSR count). The maximum Gasteiger partial charge on any atom is 0.434 e. The Morgan fingerprint density at radius 2 is 2.00 bits per heavy atom. The molecule has 0 unspecified atom stereocenters. The van der Waals surface area contributed by atoms with Crippen molar-refractivity contribution in [2.45, 2.75) is 13.8 Å². The highest BCUT2D eigenvalue weighted by Gasteiger charge is 2.20. The maximum atomic E-state index is 11.4. The van der Waals surface area contributed by atoms with Gasteiger partial charge in [0.2, 0.25) is 5.95 Å². The Balaban J connectivity index is 1.92. The topological polar surface area (TPSA) is 149 Å². The van der Waals surface area contributed by atoms with E-state index in [0.717, 1.165) is 4.68 Å². The summed E-state index contributed by atoms with van der Waals surface area (Å²) in [6.45, 7) is 3.41. The lowest BCUT2D eigenvalue weighted by Gasteiger charge is -2.07. The number of nitrogens with two attached hydrogens (primary N) is 1. The van der Waals surface area contributed by atoms with Gasteiger partial charge in [0.15, 0.2) is 11.6 Å². The van der Waals surface area contributed by atoms with E-state index in [9.17, 15) is 9.90 Å². The van der Waals surface area contributed by atoms with E-state index in [1.807, 2.05) is 18.2 Å².